The predicted octanol–water partition coefficient (Wildman–Crippen LogP) is 2.37. The lowest BCUT2D eigenvalue weighted by atomic mass is 10.1. The topological polar surface area (TPSA) is 92.6 Å². The number of nitrogens with one attached hydrogen (secondary N) is 1. The molecule has 8 nitrogen and oxygen atoms in total. The minimum absolute atomic E-state index is 0.00608. The molecule has 4 rings (SSSR count). The summed E-state index contributed by atoms with van der Waals surface area (Å²) >= 11 is 0. The monoisotopic (exact) mass is 351 g/mol. The summed E-state index contributed by atoms with van der Waals surface area (Å²) in [5, 5.41) is 11.6. The molecule has 0 radical (unpaired) electrons. The molecule has 1 N–H and O–H groups in total. The van der Waals surface area contributed by atoms with Crippen molar-refractivity contribution in [2.75, 3.05) is 6.54 Å². The predicted molar refractivity (Wildman–Crippen MR) is 95.3 cm³/mol. The van der Waals surface area contributed by atoms with Gasteiger partial charge in [0.25, 0.3) is 5.91 Å². The quantitative estimate of drug-likeness (QED) is 0.779. The molecule has 1 atom stereocenters. The number of aromatic nitrogens is 6. The molecule has 1 saturated heterocycles. The Morgan fingerprint density at radius 3 is 2.88 bits per heavy atom. The number of aryl methyl sites for hydroxylation is 1. The molecule has 1 fully saturated rings. The van der Waals surface area contributed by atoms with Gasteiger partial charge in [0.05, 0.1) is 17.8 Å². The Balaban J connectivity index is 1.60. The number of hydrogen-bond donors (Lipinski definition) is 1. The third kappa shape index (κ3) is 2.77. The van der Waals surface area contributed by atoms with Gasteiger partial charge >= 0.3 is 0 Å². The number of carbonyl (C=O) groups is 1. The van der Waals surface area contributed by atoms with E-state index in [9.17, 15) is 4.79 Å². The summed E-state index contributed by atoms with van der Waals surface area (Å²) in [6, 6.07) is 3.65. The van der Waals surface area contributed by atoms with Crippen LogP contribution in [-0.4, -0.2) is 47.3 Å². The van der Waals surface area contributed by atoms with E-state index in [1.807, 2.05) is 35.6 Å². The van der Waals surface area contributed by atoms with Crippen LogP contribution in [0.2, 0.25) is 0 Å². The maximum atomic E-state index is 13.1. The van der Waals surface area contributed by atoms with E-state index >= 15 is 0 Å². The summed E-state index contributed by atoms with van der Waals surface area (Å²) in [7, 11) is 0. The molecule has 1 amide bonds. The summed E-state index contributed by atoms with van der Waals surface area (Å²) < 4.78 is 1.84. The Morgan fingerprint density at radius 1 is 1.35 bits per heavy atom. The molecule has 134 valence electrons. The van der Waals surface area contributed by atoms with E-state index in [1.54, 1.807) is 18.6 Å². The van der Waals surface area contributed by atoms with Gasteiger partial charge in [0.15, 0.2) is 5.82 Å². The van der Waals surface area contributed by atoms with Gasteiger partial charge in [-0.15, -0.1) is 0 Å². The van der Waals surface area contributed by atoms with Crippen LogP contribution in [0.3, 0.4) is 0 Å². The van der Waals surface area contributed by atoms with Crippen molar-refractivity contribution in [3.8, 4) is 11.4 Å². The van der Waals surface area contributed by atoms with E-state index in [2.05, 4.69) is 25.3 Å². The maximum Gasteiger partial charge on any atom is 0.257 e. The summed E-state index contributed by atoms with van der Waals surface area (Å²) in [5.74, 6) is 1.35. The average molecular weight is 351 g/mol. The van der Waals surface area contributed by atoms with Gasteiger partial charge in [-0.1, -0.05) is 0 Å². The van der Waals surface area contributed by atoms with E-state index in [0.717, 1.165) is 36.5 Å². The van der Waals surface area contributed by atoms with Gasteiger partial charge in [0, 0.05) is 36.7 Å². The van der Waals surface area contributed by atoms with Crippen molar-refractivity contribution in [2.24, 2.45) is 0 Å². The second-order valence-electron chi connectivity index (χ2n) is 6.40. The summed E-state index contributed by atoms with van der Waals surface area (Å²) in [6.07, 6.45) is 6.91. The molecule has 4 heterocycles. The van der Waals surface area contributed by atoms with Gasteiger partial charge in [-0.3, -0.25) is 19.6 Å². The zero-order valence-electron chi connectivity index (χ0n) is 14.9. The number of nitrogens with zero attached hydrogens (tertiary/aromatic N) is 6. The maximum absolute atomic E-state index is 13.1. The summed E-state index contributed by atoms with van der Waals surface area (Å²) in [6.45, 7) is 5.42. The molecule has 3 aromatic heterocycles. The van der Waals surface area contributed by atoms with Gasteiger partial charge in [0.2, 0.25) is 0 Å². The third-order valence-electron chi connectivity index (χ3n) is 4.90. The molecule has 26 heavy (non-hydrogen) atoms. The van der Waals surface area contributed by atoms with E-state index in [0.29, 0.717) is 17.9 Å². The number of likely N-dealkylation sites (tertiary alicyclic amines) is 1. The normalized spacial score (nSPS) is 17.0. The fraction of sp³-hybridized carbons (Fsp3) is 0.389. The van der Waals surface area contributed by atoms with Crippen molar-refractivity contribution in [3.63, 3.8) is 0 Å². The highest BCUT2D eigenvalue weighted by Gasteiger charge is 2.34. The lowest BCUT2D eigenvalue weighted by molar-refractivity contribution is 0.0729. The Bertz CT molecular complexity index is 915. The van der Waals surface area contributed by atoms with E-state index in [1.165, 1.54) is 0 Å². The zero-order valence-corrected chi connectivity index (χ0v) is 14.9. The number of aromatic amines is 1. The van der Waals surface area contributed by atoms with Crippen molar-refractivity contribution in [1.29, 1.82) is 0 Å². The van der Waals surface area contributed by atoms with Crippen LogP contribution in [0.5, 0.6) is 0 Å². The molecule has 8 heteroatoms. The highest BCUT2D eigenvalue weighted by atomic mass is 16.2. The lowest BCUT2D eigenvalue weighted by Crippen LogP contribution is -2.31. The first kappa shape index (κ1) is 16.4. The number of rotatable bonds is 4. The number of amides is 1. The molecule has 0 saturated carbocycles. The Morgan fingerprint density at radius 2 is 2.15 bits per heavy atom. The smallest absolute Gasteiger partial charge is 0.257 e. The fourth-order valence-corrected chi connectivity index (χ4v) is 3.48. The zero-order chi connectivity index (χ0) is 18.1. The Kier molecular flexibility index (Phi) is 4.24. The molecule has 1 aliphatic heterocycles. The number of carbonyl (C=O) groups excluding carboxylic acids is 1. The Labute approximate surface area is 151 Å². The molecule has 3 aromatic rings. The third-order valence-corrected chi connectivity index (χ3v) is 4.90. The number of H-pyrrole nitrogens is 1. The first-order chi connectivity index (χ1) is 12.7. The molecule has 0 spiro atoms. The molecule has 1 aliphatic rings. The van der Waals surface area contributed by atoms with Crippen molar-refractivity contribution < 1.29 is 4.79 Å². The lowest BCUT2D eigenvalue weighted by Gasteiger charge is -2.22. The van der Waals surface area contributed by atoms with Crippen LogP contribution in [0.15, 0.2) is 30.7 Å². The highest BCUT2D eigenvalue weighted by molar-refractivity contribution is 5.95. The summed E-state index contributed by atoms with van der Waals surface area (Å²) in [4.78, 5) is 23.6. The highest BCUT2D eigenvalue weighted by Crippen LogP contribution is 2.32. The fourth-order valence-electron chi connectivity index (χ4n) is 3.48. The van der Waals surface area contributed by atoms with Gasteiger partial charge in [-0.25, -0.2) is 4.98 Å². The molecule has 0 bridgehead atoms. The molecular weight excluding hydrogens is 330 g/mol. The summed E-state index contributed by atoms with van der Waals surface area (Å²) in [5.41, 5.74) is 2.46. The second kappa shape index (κ2) is 6.70. The van der Waals surface area contributed by atoms with Crippen LogP contribution in [0.25, 0.3) is 11.4 Å². The van der Waals surface area contributed by atoms with Gasteiger partial charge < -0.3 is 4.90 Å². The molecule has 0 aliphatic carbocycles. The van der Waals surface area contributed by atoms with Gasteiger partial charge in [0.1, 0.15) is 5.82 Å². The van der Waals surface area contributed by atoms with Crippen molar-refractivity contribution >= 4 is 5.91 Å². The minimum atomic E-state index is -0.0880. The minimum Gasteiger partial charge on any atom is -0.328 e. The number of hydrogen-bond acceptors (Lipinski definition) is 5. The SMILES string of the molecule is CCn1ncc(C(=O)N2CCC[C@@H]2c2nc(-c3ccncc3)n[nH]2)c1C. The van der Waals surface area contributed by atoms with Crippen LogP contribution < -0.4 is 0 Å². The van der Waals surface area contributed by atoms with E-state index in [4.69, 9.17) is 0 Å². The second-order valence-corrected chi connectivity index (χ2v) is 6.40. The largest absolute Gasteiger partial charge is 0.328 e. The first-order valence-electron chi connectivity index (χ1n) is 8.85. The standard InChI is InChI=1S/C18H21N7O/c1-3-25-12(2)14(11-20-25)18(26)24-10-4-5-15(24)17-21-16(22-23-17)13-6-8-19-9-7-13/h6-9,11,15H,3-5,10H2,1-2H3,(H,21,22,23)/t15-/m1/s1. The van der Waals surface area contributed by atoms with E-state index in [-0.39, 0.29) is 11.9 Å². The van der Waals surface area contributed by atoms with Crippen LogP contribution in [0, 0.1) is 6.92 Å². The molecule has 0 aromatic carbocycles. The van der Waals surface area contributed by atoms with Crippen molar-refractivity contribution in [1.82, 2.24) is 34.8 Å². The van der Waals surface area contributed by atoms with Crippen LogP contribution in [-0.2, 0) is 6.54 Å². The van der Waals surface area contributed by atoms with Crippen LogP contribution in [0.1, 0.15) is 47.7 Å². The average Bonchev–Trinajstić information content (AvgIpc) is 3.40. The first-order valence-corrected chi connectivity index (χ1v) is 8.85. The van der Waals surface area contributed by atoms with Crippen molar-refractivity contribution in [2.45, 2.75) is 39.3 Å². The van der Waals surface area contributed by atoms with Crippen molar-refractivity contribution in [3.05, 3.63) is 47.8 Å². The van der Waals surface area contributed by atoms with Crippen LogP contribution >= 0.6 is 0 Å². The molecule has 0 unspecified atom stereocenters. The van der Waals surface area contributed by atoms with Gasteiger partial charge in [-0.2, -0.15) is 10.2 Å². The number of pyridine rings is 1. The Hall–Kier alpha value is -3.03. The van der Waals surface area contributed by atoms with Crippen LogP contribution in [0.4, 0.5) is 0 Å². The van der Waals surface area contributed by atoms with Gasteiger partial charge in [-0.05, 0) is 38.8 Å². The molecular formula is C18H21N7O. The van der Waals surface area contributed by atoms with E-state index < -0.39 is 0 Å².